The topological polar surface area (TPSA) is 177 Å². The molecule has 3 fully saturated rings. The number of hydrogen-bond acceptors (Lipinski definition) is 10. The predicted molar refractivity (Wildman–Crippen MR) is 145 cm³/mol. The van der Waals surface area contributed by atoms with Crippen molar-refractivity contribution in [1.82, 2.24) is 0 Å². The van der Waals surface area contributed by atoms with Crippen LogP contribution in [0.4, 0.5) is 0 Å². The minimum Gasteiger partial charge on any atom is -0.478 e. The third-order valence-electron chi connectivity index (χ3n) is 5.99. The van der Waals surface area contributed by atoms with Crippen LogP contribution in [0.1, 0.15) is 97.3 Å². The Morgan fingerprint density at radius 2 is 0.974 bits per heavy atom. The molecule has 0 unspecified atom stereocenters. The molecule has 228 valence electrons. The molecule has 3 rings (SSSR count). The first kappa shape index (κ1) is 38.6. The number of aliphatic hydroxyl groups excluding tert-OH is 3. The summed E-state index contributed by atoms with van der Waals surface area (Å²) >= 11 is 0. The molecule has 11 nitrogen and oxygen atoms in total. The molecule has 39 heavy (non-hydrogen) atoms. The van der Waals surface area contributed by atoms with Gasteiger partial charge in [0.2, 0.25) is 0 Å². The van der Waals surface area contributed by atoms with Crippen LogP contribution in [0.2, 0.25) is 0 Å². The van der Waals surface area contributed by atoms with Crippen LogP contribution in [0.15, 0.2) is 12.2 Å². The number of ether oxygens (including phenoxy) is 3. The number of esters is 3. The molecule has 3 heterocycles. The van der Waals surface area contributed by atoms with Crippen LogP contribution in [0.5, 0.6) is 0 Å². The maximum atomic E-state index is 10.5. The molecule has 3 saturated heterocycles. The molecule has 3 aliphatic rings. The molecule has 0 atom stereocenters. The van der Waals surface area contributed by atoms with E-state index in [1.165, 1.54) is 6.92 Å². The van der Waals surface area contributed by atoms with Crippen LogP contribution >= 0.6 is 0 Å². The fourth-order valence-corrected chi connectivity index (χ4v) is 2.90. The lowest BCUT2D eigenvalue weighted by Crippen LogP contribution is -2.32. The highest BCUT2D eigenvalue weighted by atomic mass is 16.5. The van der Waals surface area contributed by atoms with Crippen molar-refractivity contribution < 1.29 is 53.8 Å². The number of carboxylic acids is 1. The fraction of sp³-hybridized carbons (Fsp3) is 0.786. The first-order valence-corrected chi connectivity index (χ1v) is 13.8. The summed E-state index contributed by atoms with van der Waals surface area (Å²) in [7, 11) is 0. The predicted octanol–water partition coefficient (Wildman–Crippen LogP) is 3.32. The van der Waals surface area contributed by atoms with Gasteiger partial charge in [0, 0.05) is 30.3 Å². The molecular formula is C28H50O11. The fourth-order valence-electron chi connectivity index (χ4n) is 2.90. The van der Waals surface area contributed by atoms with Gasteiger partial charge in [-0.05, 0) is 71.1 Å². The maximum Gasteiger partial charge on any atom is 0.330 e. The zero-order valence-corrected chi connectivity index (χ0v) is 23.8. The van der Waals surface area contributed by atoms with Crippen LogP contribution in [0.25, 0.3) is 0 Å². The molecule has 0 saturated carbocycles. The van der Waals surface area contributed by atoms with E-state index in [1.807, 2.05) is 6.92 Å². The van der Waals surface area contributed by atoms with E-state index in [-0.39, 0.29) is 43.3 Å². The highest BCUT2D eigenvalue weighted by Crippen LogP contribution is 2.18. The lowest BCUT2D eigenvalue weighted by molar-refractivity contribution is -0.143. The minimum atomic E-state index is -0.935. The minimum absolute atomic E-state index is 0.0255. The summed E-state index contributed by atoms with van der Waals surface area (Å²) < 4.78 is 14.3. The molecule has 0 aromatic carbocycles. The molecular weight excluding hydrogens is 512 g/mol. The van der Waals surface area contributed by atoms with E-state index in [2.05, 4.69) is 6.58 Å². The van der Waals surface area contributed by atoms with Crippen LogP contribution < -0.4 is 0 Å². The molecule has 3 aliphatic heterocycles. The second kappa shape index (κ2) is 25.8. The quantitative estimate of drug-likeness (QED) is 0.219. The average molecular weight is 563 g/mol. The Balaban J connectivity index is 0. The SMILES string of the molecule is C=C(C)C(=O)O.CCC(CO)(CO)CO.O=C1CCCCCO1.O=C1CCCCCO1.O=C1CCCCCO1. The van der Waals surface area contributed by atoms with Gasteiger partial charge in [0.15, 0.2) is 0 Å². The van der Waals surface area contributed by atoms with Gasteiger partial charge in [0.05, 0.1) is 39.6 Å². The second-order valence-electron chi connectivity index (χ2n) is 9.51. The monoisotopic (exact) mass is 562 g/mol. The van der Waals surface area contributed by atoms with Gasteiger partial charge in [-0.2, -0.15) is 0 Å². The molecule has 0 aromatic rings. The molecule has 0 aromatic heterocycles. The second-order valence-corrected chi connectivity index (χ2v) is 9.51. The van der Waals surface area contributed by atoms with Crippen molar-refractivity contribution in [3.05, 3.63) is 12.2 Å². The lowest BCUT2D eigenvalue weighted by atomic mass is 9.88. The Morgan fingerprint density at radius 1 is 0.692 bits per heavy atom. The van der Waals surface area contributed by atoms with Crippen molar-refractivity contribution in [2.24, 2.45) is 5.41 Å². The summed E-state index contributed by atoms with van der Waals surface area (Å²) in [5.74, 6) is -1.01. The summed E-state index contributed by atoms with van der Waals surface area (Å²) in [5.41, 5.74) is -0.491. The standard InChI is InChI=1S/C6H14O3.3C6H10O2.C4H6O2/c1-2-6(3-7,4-8)5-9;3*7-6-4-2-1-3-5-8-6;1-3(2)4(5)6/h7-9H,2-5H2,1H3;3*1-5H2;1H2,2H3,(H,5,6). The number of aliphatic carboxylic acids is 1. The number of rotatable bonds is 5. The van der Waals surface area contributed by atoms with Gasteiger partial charge in [-0.1, -0.05) is 13.5 Å². The third-order valence-corrected chi connectivity index (χ3v) is 5.99. The van der Waals surface area contributed by atoms with E-state index < -0.39 is 11.4 Å². The first-order valence-electron chi connectivity index (χ1n) is 13.8. The number of carbonyl (C=O) groups is 4. The lowest BCUT2D eigenvalue weighted by Gasteiger charge is -2.24. The molecule has 0 radical (unpaired) electrons. The van der Waals surface area contributed by atoms with Crippen LogP contribution in [0.3, 0.4) is 0 Å². The van der Waals surface area contributed by atoms with Gasteiger partial charge in [-0.15, -0.1) is 0 Å². The molecule has 0 aliphatic carbocycles. The van der Waals surface area contributed by atoms with Gasteiger partial charge in [0.25, 0.3) is 0 Å². The highest BCUT2D eigenvalue weighted by Gasteiger charge is 2.24. The molecule has 11 heteroatoms. The smallest absolute Gasteiger partial charge is 0.330 e. The van der Waals surface area contributed by atoms with Gasteiger partial charge < -0.3 is 34.6 Å². The Morgan fingerprint density at radius 3 is 1.15 bits per heavy atom. The van der Waals surface area contributed by atoms with Gasteiger partial charge in [-0.3, -0.25) is 14.4 Å². The Hall–Kier alpha value is -2.50. The average Bonchev–Trinajstić information content (AvgIpc) is 3.43. The summed E-state index contributed by atoms with van der Waals surface area (Å²) in [6.07, 6.45) is 12.1. The van der Waals surface area contributed by atoms with Gasteiger partial charge in [-0.25, -0.2) is 4.79 Å². The zero-order valence-electron chi connectivity index (χ0n) is 23.8. The zero-order chi connectivity index (χ0) is 29.9. The number of aliphatic hydroxyl groups is 3. The highest BCUT2D eigenvalue weighted by molar-refractivity contribution is 5.84. The van der Waals surface area contributed by atoms with Gasteiger partial charge in [0.1, 0.15) is 0 Å². The summed E-state index contributed by atoms with van der Waals surface area (Å²) in [6.45, 7) is 7.87. The van der Waals surface area contributed by atoms with E-state index in [4.69, 9.17) is 34.6 Å². The summed E-state index contributed by atoms with van der Waals surface area (Å²) in [4.78, 5) is 41.0. The van der Waals surface area contributed by atoms with Crippen molar-refractivity contribution in [3.63, 3.8) is 0 Å². The molecule has 0 spiro atoms. The van der Waals surface area contributed by atoms with Crippen molar-refractivity contribution >= 4 is 23.9 Å². The number of hydrogen-bond donors (Lipinski definition) is 4. The molecule has 0 amide bonds. The van der Waals surface area contributed by atoms with Crippen molar-refractivity contribution in [2.75, 3.05) is 39.6 Å². The van der Waals surface area contributed by atoms with E-state index in [0.29, 0.717) is 45.5 Å². The van der Waals surface area contributed by atoms with Crippen molar-refractivity contribution in [1.29, 1.82) is 0 Å². The molecule has 4 N–H and O–H groups in total. The van der Waals surface area contributed by atoms with E-state index in [1.54, 1.807) is 0 Å². The summed E-state index contributed by atoms with van der Waals surface area (Å²) in [6, 6.07) is 0. The first-order chi connectivity index (χ1) is 18.6. The number of carboxylic acid groups (broad SMARTS) is 1. The number of cyclic esters (lactones) is 3. The normalized spacial score (nSPS) is 17.3. The Bertz CT molecular complexity index is 570. The maximum absolute atomic E-state index is 10.5. The number of carbonyl (C=O) groups excluding carboxylic acids is 3. The van der Waals surface area contributed by atoms with Crippen molar-refractivity contribution in [3.8, 4) is 0 Å². The Labute approximate surface area is 232 Å². The Kier molecular flexibility index (Phi) is 25.5. The van der Waals surface area contributed by atoms with Crippen LogP contribution in [-0.2, 0) is 33.4 Å². The van der Waals surface area contributed by atoms with Crippen LogP contribution in [-0.4, -0.2) is 83.9 Å². The van der Waals surface area contributed by atoms with E-state index in [0.717, 1.165) is 57.8 Å². The van der Waals surface area contributed by atoms with Crippen LogP contribution in [0, 0.1) is 5.41 Å². The third kappa shape index (κ3) is 24.3. The molecule has 0 bridgehead atoms. The largest absolute Gasteiger partial charge is 0.478 e. The van der Waals surface area contributed by atoms with E-state index in [9.17, 15) is 19.2 Å². The van der Waals surface area contributed by atoms with E-state index >= 15 is 0 Å². The van der Waals surface area contributed by atoms with Gasteiger partial charge >= 0.3 is 23.9 Å². The summed E-state index contributed by atoms with van der Waals surface area (Å²) in [5, 5.41) is 33.9. The van der Waals surface area contributed by atoms with Crippen molar-refractivity contribution in [2.45, 2.75) is 97.3 Å².